The van der Waals surface area contributed by atoms with Crippen molar-refractivity contribution < 1.29 is 15.0 Å². The topological polar surface area (TPSA) is 60.8 Å². The number of hydrogen-bond donors (Lipinski definition) is 2. The van der Waals surface area contributed by atoms with Crippen LogP contribution in [0.4, 0.5) is 0 Å². The summed E-state index contributed by atoms with van der Waals surface area (Å²) in [7, 11) is 0. The summed E-state index contributed by atoms with van der Waals surface area (Å²) in [5.74, 6) is -0.307. The van der Waals surface area contributed by atoms with Crippen LogP contribution in [0.5, 0.6) is 0 Å². The summed E-state index contributed by atoms with van der Waals surface area (Å²) in [6, 6.07) is 7.02. The SMILES string of the molecule is CC(=O)N(Cc1cccc(Cl)c1)[C@@H](O)C(C)O. The van der Waals surface area contributed by atoms with Gasteiger partial charge in [0.05, 0.1) is 6.10 Å². The van der Waals surface area contributed by atoms with E-state index in [0.717, 1.165) is 5.56 Å². The Morgan fingerprint density at radius 1 is 1.47 bits per heavy atom. The van der Waals surface area contributed by atoms with E-state index in [0.29, 0.717) is 5.02 Å². The van der Waals surface area contributed by atoms with Gasteiger partial charge in [-0.05, 0) is 24.6 Å². The zero-order chi connectivity index (χ0) is 13.0. The van der Waals surface area contributed by atoms with E-state index in [-0.39, 0.29) is 12.5 Å². The number of carbonyl (C=O) groups excluding carboxylic acids is 1. The van der Waals surface area contributed by atoms with Crippen LogP contribution in [0.25, 0.3) is 0 Å². The first kappa shape index (κ1) is 14.0. The van der Waals surface area contributed by atoms with Crippen molar-refractivity contribution in [1.82, 2.24) is 4.90 Å². The molecule has 2 atom stereocenters. The first-order valence-electron chi connectivity index (χ1n) is 5.29. The fourth-order valence-corrected chi connectivity index (χ4v) is 1.70. The highest BCUT2D eigenvalue weighted by molar-refractivity contribution is 6.30. The Morgan fingerprint density at radius 3 is 2.59 bits per heavy atom. The molecule has 0 aliphatic heterocycles. The van der Waals surface area contributed by atoms with Gasteiger partial charge < -0.3 is 15.1 Å². The Labute approximate surface area is 105 Å². The quantitative estimate of drug-likeness (QED) is 0.802. The lowest BCUT2D eigenvalue weighted by Crippen LogP contribution is -2.44. The number of halogens is 1. The molecule has 0 aliphatic carbocycles. The molecule has 1 unspecified atom stereocenters. The fraction of sp³-hybridized carbons (Fsp3) is 0.417. The molecule has 4 nitrogen and oxygen atoms in total. The standard InChI is InChI=1S/C12H16ClNO3/c1-8(15)12(17)14(9(2)16)7-10-4-3-5-11(13)6-10/h3-6,8,12,15,17H,7H2,1-2H3/t8?,12-/m0/s1. The summed E-state index contributed by atoms with van der Waals surface area (Å²) in [5, 5.41) is 19.6. The monoisotopic (exact) mass is 257 g/mol. The number of amides is 1. The molecule has 1 amide bonds. The zero-order valence-electron chi connectivity index (χ0n) is 9.80. The summed E-state index contributed by atoms with van der Waals surface area (Å²) in [4.78, 5) is 12.6. The summed E-state index contributed by atoms with van der Waals surface area (Å²) < 4.78 is 0. The average Bonchev–Trinajstić information content (AvgIpc) is 2.24. The third-order valence-corrected chi connectivity index (χ3v) is 2.63. The first-order chi connectivity index (χ1) is 7.91. The molecule has 0 spiro atoms. The number of nitrogens with zero attached hydrogens (tertiary/aromatic N) is 1. The number of hydrogen-bond acceptors (Lipinski definition) is 3. The molecule has 0 bridgehead atoms. The molecular formula is C12H16ClNO3. The van der Waals surface area contributed by atoms with Crippen molar-refractivity contribution in [1.29, 1.82) is 0 Å². The predicted octanol–water partition coefficient (Wildman–Crippen LogP) is 1.39. The lowest BCUT2D eigenvalue weighted by Gasteiger charge is -2.28. The van der Waals surface area contributed by atoms with Gasteiger partial charge in [-0.2, -0.15) is 0 Å². The second-order valence-electron chi connectivity index (χ2n) is 3.93. The minimum atomic E-state index is -1.22. The van der Waals surface area contributed by atoms with Crippen LogP contribution in [0.3, 0.4) is 0 Å². The molecule has 1 rings (SSSR count). The third-order valence-electron chi connectivity index (χ3n) is 2.40. The lowest BCUT2D eigenvalue weighted by atomic mass is 10.2. The first-order valence-corrected chi connectivity index (χ1v) is 5.67. The number of rotatable bonds is 4. The van der Waals surface area contributed by atoms with Crippen LogP contribution in [0.1, 0.15) is 19.4 Å². The molecule has 5 heteroatoms. The third kappa shape index (κ3) is 4.00. The number of carbonyl (C=O) groups is 1. The Morgan fingerprint density at radius 2 is 2.12 bits per heavy atom. The molecule has 1 aromatic carbocycles. The summed E-state index contributed by atoms with van der Waals surface area (Å²) in [6.07, 6.45) is -2.22. The van der Waals surface area contributed by atoms with Gasteiger partial charge in [-0.1, -0.05) is 23.7 Å². The second-order valence-corrected chi connectivity index (χ2v) is 4.37. The van der Waals surface area contributed by atoms with Gasteiger partial charge in [-0.15, -0.1) is 0 Å². The average molecular weight is 258 g/mol. The van der Waals surface area contributed by atoms with Crippen molar-refractivity contribution in [2.24, 2.45) is 0 Å². The van der Waals surface area contributed by atoms with Crippen LogP contribution < -0.4 is 0 Å². The molecule has 1 aromatic rings. The van der Waals surface area contributed by atoms with Crippen LogP contribution >= 0.6 is 11.6 Å². The molecule has 17 heavy (non-hydrogen) atoms. The minimum Gasteiger partial charge on any atom is -0.389 e. The van der Waals surface area contributed by atoms with Crippen LogP contribution in [0, 0.1) is 0 Å². The molecule has 2 N–H and O–H groups in total. The zero-order valence-corrected chi connectivity index (χ0v) is 10.6. The van der Waals surface area contributed by atoms with Crippen LogP contribution in [-0.4, -0.2) is 33.4 Å². The lowest BCUT2D eigenvalue weighted by molar-refractivity contribution is -0.148. The van der Waals surface area contributed by atoms with E-state index < -0.39 is 12.3 Å². The molecule has 0 saturated carbocycles. The van der Waals surface area contributed by atoms with Gasteiger partial charge in [-0.3, -0.25) is 4.79 Å². The molecule has 0 radical (unpaired) electrons. The summed E-state index contributed by atoms with van der Waals surface area (Å²) >= 11 is 5.83. The Hall–Kier alpha value is -1.10. The Bertz CT molecular complexity index is 395. The predicted molar refractivity (Wildman–Crippen MR) is 65.4 cm³/mol. The maximum Gasteiger partial charge on any atom is 0.221 e. The van der Waals surface area contributed by atoms with Gasteiger partial charge in [0.25, 0.3) is 0 Å². The Balaban J connectivity index is 2.84. The molecule has 0 aromatic heterocycles. The molecule has 0 saturated heterocycles. The maximum absolute atomic E-state index is 11.4. The smallest absolute Gasteiger partial charge is 0.221 e. The van der Waals surface area contributed by atoms with Crippen LogP contribution in [-0.2, 0) is 11.3 Å². The van der Waals surface area contributed by atoms with Crippen LogP contribution in [0.15, 0.2) is 24.3 Å². The van der Waals surface area contributed by atoms with Gasteiger partial charge in [0.2, 0.25) is 5.91 Å². The van der Waals surface area contributed by atoms with Crippen LogP contribution in [0.2, 0.25) is 5.02 Å². The minimum absolute atomic E-state index is 0.210. The highest BCUT2D eigenvalue weighted by atomic mass is 35.5. The largest absolute Gasteiger partial charge is 0.389 e. The van der Waals surface area contributed by atoms with Crippen molar-refractivity contribution in [3.63, 3.8) is 0 Å². The van der Waals surface area contributed by atoms with Gasteiger partial charge in [-0.25, -0.2) is 0 Å². The highest BCUT2D eigenvalue weighted by Crippen LogP contribution is 2.14. The number of aliphatic hydroxyl groups excluding tert-OH is 2. The molecule has 0 heterocycles. The summed E-state index contributed by atoms with van der Waals surface area (Å²) in [5.41, 5.74) is 0.799. The van der Waals surface area contributed by atoms with Crippen molar-refractivity contribution in [3.8, 4) is 0 Å². The molecule has 0 fully saturated rings. The van der Waals surface area contributed by atoms with E-state index in [9.17, 15) is 15.0 Å². The van der Waals surface area contributed by atoms with Gasteiger partial charge in [0.15, 0.2) is 6.23 Å². The van der Waals surface area contributed by atoms with E-state index in [2.05, 4.69) is 0 Å². The Kier molecular flexibility index (Phi) is 4.93. The van der Waals surface area contributed by atoms with Gasteiger partial charge in [0, 0.05) is 18.5 Å². The molecule has 94 valence electrons. The highest BCUT2D eigenvalue weighted by Gasteiger charge is 2.22. The van der Waals surface area contributed by atoms with Gasteiger partial charge >= 0.3 is 0 Å². The normalized spacial score (nSPS) is 14.2. The summed E-state index contributed by atoms with van der Waals surface area (Å²) in [6.45, 7) is 2.98. The van der Waals surface area contributed by atoms with E-state index >= 15 is 0 Å². The number of aliphatic hydroxyl groups is 2. The van der Waals surface area contributed by atoms with E-state index in [1.165, 1.54) is 18.7 Å². The second kappa shape index (κ2) is 6.00. The van der Waals surface area contributed by atoms with Crippen molar-refractivity contribution in [3.05, 3.63) is 34.9 Å². The van der Waals surface area contributed by atoms with Crippen molar-refractivity contribution >= 4 is 17.5 Å². The molecular weight excluding hydrogens is 242 g/mol. The van der Waals surface area contributed by atoms with E-state index in [1.54, 1.807) is 24.3 Å². The van der Waals surface area contributed by atoms with Crippen molar-refractivity contribution in [2.45, 2.75) is 32.7 Å². The van der Waals surface area contributed by atoms with Crippen molar-refractivity contribution in [2.75, 3.05) is 0 Å². The number of benzene rings is 1. The van der Waals surface area contributed by atoms with Gasteiger partial charge in [0.1, 0.15) is 0 Å². The fourth-order valence-electron chi connectivity index (χ4n) is 1.48. The molecule has 0 aliphatic rings. The van der Waals surface area contributed by atoms with E-state index in [4.69, 9.17) is 11.6 Å². The maximum atomic E-state index is 11.4. The van der Waals surface area contributed by atoms with E-state index in [1.807, 2.05) is 0 Å².